The van der Waals surface area contributed by atoms with Gasteiger partial charge in [-0.05, 0) is 50.0 Å². The van der Waals surface area contributed by atoms with Gasteiger partial charge in [-0.3, -0.25) is 0 Å². The molecule has 1 saturated heterocycles. The van der Waals surface area contributed by atoms with Crippen LogP contribution in [0.25, 0.3) is 0 Å². The fourth-order valence-electron chi connectivity index (χ4n) is 3.30. The zero-order chi connectivity index (χ0) is 18.2. The highest BCUT2D eigenvalue weighted by Crippen LogP contribution is 2.23. The van der Waals surface area contributed by atoms with Crippen LogP contribution in [0.3, 0.4) is 0 Å². The Hall–Kier alpha value is -0.510. The smallest absolute Gasteiger partial charge is 0.194 e. The Labute approximate surface area is 180 Å². The first-order valence-electron chi connectivity index (χ1n) is 9.38. The highest BCUT2D eigenvalue weighted by molar-refractivity contribution is 14.0. The van der Waals surface area contributed by atoms with Crippen LogP contribution in [0.2, 0.25) is 0 Å². The molecule has 6 nitrogen and oxygen atoms in total. The predicted octanol–water partition coefficient (Wildman–Crippen LogP) is 3.31. The van der Waals surface area contributed by atoms with Gasteiger partial charge in [0.05, 0.1) is 0 Å². The summed E-state index contributed by atoms with van der Waals surface area (Å²) in [4.78, 5) is 7.29. The van der Waals surface area contributed by atoms with Crippen LogP contribution in [-0.4, -0.2) is 57.3 Å². The lowest BCUT2D eigenvalue weighted by atomic mass is 9.97. The van der Waals surface area contributed by atoms with Crippen LogP contribution in [-0.2, 0) is 13.6 Å². The molecule has 0 radical (unpaired) electrons. The number of aromatic nitrogens is 3. The van der Waals surface area contributed by atoms with E-state index >= 15 is 0 Å². The van der Waals surface area contributed by atoms with Gasteiger partial charge >= 0.3 is 0 Å². The molecule has 0 amide bonds. The summed E-state index contributed by atoms with van der Waals surface area (Å²) in [6.07, 6.45) is 5.89. The van der Waals surface area contributed by atoms with E-state index in [1.807, 2.05) is 30.3 Å². The third kappa shape index (κ3) is 7.25. The predicted molar refractivity (Wildman–Crippen MR) is 122 cm³/mol. The molecule has 1 aliphatic heterocycles. The second-order valence-corrected chi connectivity index (χ2v) is 8.35. The number of nitrogens with zero attached hydrogens (tertiary/aromatic N) is 5. The lowest BCUT2D eigenvalue weighted by Gasteiger charge is -2.22. The standard InChI is InChI=1S/C18H34N6S.HI/c1-14(2)11-16-7-9-24(13-16)18(19-8-6-10-25-5)20-12-17-22-21-15(3)23(17)4;/h14,16H,6-13H2,1-5H3,(H,19,20);1H. The molecule has 2 rings (SSSR count). The minimum absolute atomic E-state index is 0. The Bertz CT molecular complexity index is 560. The largest absolute Gasteiger partial charge is 0.356 e. The average molecular weight is 494 g/mol. The third-order valence-corrected chi connectivity index (χ3v) is 5.45. The summed E-state index contributed by atoms with van der Waals surface area (Å²) in [6.45, 7) is 10.4. The lowest BCUT2D eigenvalue weighted by molar-refractivity contribution is 0.403. The van der Waals surface area contributed by atoms with E-state index in [4.69, 9.17) is 4.99 Å². The van der Waals surface area contributed by atoms with E-state index in [9.17, 15) is 0 Å². The Kier molecular flexibility index (Phi) is 10.9. The number of hydrogen-bond acceptors (Lipinski definition) is 4. The Morgan fingerprint density at radius 3 is 2.77 bits per heavy atom. The van der Waals surface area contributed by atoms with Gasteiger partial charge in [-0.2, -0.15) is 11.8 Å². The first kappa shape index (κ1) is 23.5. The molecule has 1 atom stereocenters. The van der Waals surface area contributed by atoms with Gasteiger partial charge in [0.15, 0.2) is 11.8 Å². The van der Waals surface area contributed by atoms with Crippen molar-refractivity contribution in [3.05, 3.63) is 11.6 Å². The zero-order valence-electron chi connectivity index (χ0n) is 16.9. The SMILES string of the molecule is CSCCCNC(=NCc1nnc(C)n1C)N1CCC(CC(C)C)C1.I. The van der Waals surface area contributed by atoms with E-state index in [-0.39, 0.29) is 24.0 Å². The van der Waals surface area contributed by atoms with Crippen LogP contribution >= 0.6 is 35.7 Å². The van der Waals surface area contributed by atoms with Crippen molar-refractivity contribution in [3.63, 3.8) is 0 Å². The zero-order valence-corrected chi connectivity index (χ0v) is 20.0. The van der Waals surface area contributed by atoms with Crippen molar-refractivity contribution in [2.75, 3.05) is 31.6 Å². The van der Waals surface area contributed by atoms with E-state index in [1.54, 1.807) is 0 Å². The Morgan fingerprint density at radius 2 is 2.15 bits per heavy atom. The molecule has 0 bridgehead atoms. The fraction of sp³-hybridized carbons (Fsp3) is 0.833. The van der Waals surface area contributed by atoms with E-state index in [0.29, 0.717) is 6.54 Å². The molecule has 0 saturated carbocycles. The number of nitrogens with one attached hydrogen (secondary N) is 1. The van der Waals surface area contributed by atoms with E-state index < -0.39 is 0 Å². The van der Waals surface area contributed by atoms with Gasteiger partial charge in [0.25, 0.3) is 0 Å². The Balaban J connectivity index is 0.00000338. The molecule has 1 unspecified atom stereocenters. The van der Waals surface area contributed by atoms with Crippen LogP contribution in [0.15, 0.2) is 4.99 Å². The van der Waals surface area contributed by atoms with Gasteiger partial charge in [0.2, 0.25) is 0 Å². The number of hydrogen-bond donors (Lipinski definition) is 1. The second-order valence-electron chi connectivity index (χ2n) is 7.37. The maximum Gasteiger partial charge on any atom is 0.194 e. The van der Waals surface area contributed by atoms with Crippen molar-refractivity contribution in [1.29, 1.82) is 0 Å². The van der Waals surface area contributed by atoms with Crippen molar-refractivity contribution in [2.45, 2.75) is 46.6 Å². The monoisotopic (exact) mass is 494 g/mol. The van der Waals surface area contributed by atoms with Crippen molar-refractivity contribution >= 4 is 41.7 Å². The van der Waals surface area contributed by atoms with Crippen LogP contribution < -0.4 is 5.32 Å². The van der Waals surface area contributed by atoms with Crippen LogP contribution in [0.4, 0.5) is 0 Å². The number of likely N-dealkylation sites (tertiary alicyclic amines) is 1. The summed E-state index contributed by atoms with van der Waals surface area (Å²) in [7, 11) is 2.00. The molecule has 1 aliphatic rings. The minimum Gasteiger partial charge on any atom is -0.356 e. The summed E-state index contributed by atoms with van der Waals surface area (Å²) in [6, 6.07) is 0. The molecular formula is C18H35IN6S. The molecule has 0 aliphatic carbocycles. The highest BCUT2D eigenvalue weighted by Gasteiger charge is 2.25. The molecule has 1 aromatic rings. The number of rotatable bonds is 8. The molecule has 26 heavy (non-hydrogen) atoms. The summed E-state index contributed by atoms with van der Waals surface area (Å²) >= 11 is 1.89. The van der Waals surface area contributed by atoms with Crippen molar-refractivity contribution in [2.24, 2.45) is 23.9 Å². The second kappa shape index (κ2) is 12.0. The van der Waals surface area contributed by atoms with Gasteiger partial charge in [-0.15, -0.1) is 34.2 Å². The molecule has 1 N–H and O–H groups in total. The molecule has 2 heterocycles. The molecular weight excluding hydrogens is 459 g/mol. The highest BCUT2D eigenvalue weighted by atomic mass is 127. The van der Waals surface area contributed by atoms with Gasteiger partial charge < -0.3 is 14.8 Å². The van der Waals surface area contributed by atoms with Gasteiger partial charge in [0, 0.05) is 26.7 Å². The van der Waals surface area contributed by atoms with E-state index in [2.05, 4.69) is 40.5 Å². The number of aliphatic imine (C=N–C) groups is 1. The minimum atomic E-state index is 0. The maximum atomic E-state index is 4.86. The molecule has 8 heteroatoms. The molecule has 0 spiro atoms. The molecule has 1 fully saturated rings. The molecule has 0 aromatic carbocycles. The number of thioether (sulfide) groups is 1. The topological polar surface area (TPSA) is 58.3 Å². The number of halogens is 1. The van der Waals surface area contributed by atoms with Gasteiger partial charge in [-0.25, -0.2) is 4.99 Å². The van der Waals surface area contributed by atoms with Gasteiger partial charge in [-0.1, -0.05) is 13.8 Å². The lowest BCUT2D eigenvalue weighted by Crippen LogP contribution is -2.40. The number of aryl methyl sites for hydroxylation is 1. The van der Waals surface area contributed by atoms with Crippen molar-refractivity contribution in [1.82, 2.24) is 25.0 Å². The normalized spacial score (nSPS) is 17.7. The molecule has 150 valence electrons. The van der Waals surface area contributed by atoms with Crippen LogP contribution in [0.1, 0.15) is 44.8 Å². The first-order valence-corrected chi connectivity index (χ1v) is 10.8. The van der Waals surface area contributed by atoms with E-state index in [1.165, 1.54) is 18.6 Å². The van der Waals surface area contributed by atoms with Crippen LogP contribution in [0, 0.1) is 18.8 Å². The first-order chi connectivity index (χ1) is 12.0. The summed E-state index contributed by atoms with van der Waals surface area (Å²) in [5, 5.41) is 11.9. The van der Waals surface area contributed by atoms with Crippen molar-refractivity contribution in [3.8, 4) is 0 Å². The maximum absolute atomic E-state index is 4.86. The number of guanidine groups is 1. The fourth-order valence-corrected chi connectivity index (χ4v) is 3.74. The van der Waals surface area contributed by atoms with E-state index in [0.717, 1.165) is 55.5 Å². The Morgan fingerprint density at radius 1 is 1.38 bits per heavy atom. The third-order valence-electron chi connectivity index (χ3n) is 4.75. The quantitative estimate of drug-likeness (QED) is 0.260. The summed E-state index contributed by atoms with van der Waals surface area (Å²) in [5.74, 6) is 5.61. The molecule has 1 aromatic heterocycles. The average Bonchev–Trinajstić information content (AvgIpc) is 3.15. The summed E-state index contributed by atoms with van der Waals surface area (Å²) < 4.78 is 2.01. The van der Waals surface area contributed by atoms with Crippen LogP contribution in [0.5, 0.6) is 0 Å². The summed E-state index contributed by atoms with van der Waals surface area (Å²) in [5.41, 5.74) is 0. The van der Waals surface area contributed by atoms with Crippen molar-refractivity contribution < 1.29 is 0 Å². The van der Waals surface area contributed by atoms with Gasteiger partial charge in [0.1, 0.15) is 12.4 Å².